The van der Waals surface area contributed by atoms with Gasteiger partial charge in [0.1, 0.15) is 17.8 Å². The van der Waals surface area contributed by atoms with E-state index in [-0.39, 0.29) is 35.8 Å². The fourth-order valence-corrected chi connectivity index (χ4v) is 7.28. The van der Waals surface area contributed by atoms with Crippen LogP contribution in [0.15, 0.2) is 24.0 Å². The molecule has 1 fully saturated rings. The minimum Gasteiger partial charge on any atom is -0.504 e. The minimum absolute atomic E-state index is 0.0413. The van der Waals surface area contributed by atoms with E-state index in [1.54, 1.807) is 12.1 Å². The highest BCUT2D eigenvalue weighted by atomic mass is 16.6. The first-order chi connectivity index (χ1) is 20.2. The predicted octanol–water partition coefficient (Wildman–Crippen LogP) is 1.20. The van der Waals surface area contributed by atoms with Crippen molar-refractivity contribution in [2.24, 2.45) is 5.92 Å². The molecule has 2 heterocycles. The van der Waals surface area contributed by atoms with Crippen molar-refractivity contribution < 1.29 is 43.6 Å². The molecule has 1 aromatic rings. The topological polar surface area (TPSA) is 164 Å². The number of esters is 2. The van der Waals surface area contributed by atoms with Gasteiger partial charge in [0.2, 0.25) is 11.8 Å². The Bertz CT molecular complexity index is 1380. The SMILES string of the molecule is CC(=O)N[C@@H](CC(C)C)C(=O)N[C@@H](C)C(=O)O[C@@H](C)C(=O)OC1=CC[C@@]2(O)[C@H]3Cc4ccc(O)c5c4[C@@]2(CCN3C)[C@H]1O5. The van der Waals surface area contributed by atoms with Crippen molar-refractivity contribution in [3.8, 4) is 11.5 Å². The number of aromatic hydroxyl groups is 1. The molecule has 2 bridgehead atoms. The zero-order chi connectivity index (χ0) is 31.4. The Morgan fingerprint density at radius 2 is 1.86 bits per heavy atom. The molecule has 0 aromatic heterocycles. The third-order valence-corrected chi connectivity index (χ3v) is 9.31. The van der Waals surface area contributed by atoms with Crippen molar-refractivity contribution in [2.75, 3.05) is 13.6 Å². The zero-order valence-electron chi connectivity index (χ0n) is 25.4. The van der Waals surface area contributed by atoms with Crippen LogP contribution in [0.3, 0.4) is 0 Å². The summed E-state index contributed by atoms with van der Waals surface area (Å²) in [6, 6.07) is 1.34. The summed E-state index contributed by atoms with van der Waals surface area (Å²) in [7, 11) is 1.98. The molecule has 4 aliphatic rings. The molecule has 4 N–H and O–H groups in total. The van der Waals surface area contributed by atoms with Crippen LogP contribution in [0.1, 0.15) is 65.0 Å². The van der Waals surface area contributed by atoms with Gasteiger partial charge in [-0.25, -0.2) is 9.59 Å². The van der Waals surface area contributed by atoms with Gasteiger partial charge >= 0.3 is 11.9 Å². The Morgan fingerprint density at radius 3 is 2.53 bits per heavy atom. The number of phenolic OH excluding ortho intramolecular Hbond substituents is 1. The number of aliphatic hydroxyl groups is 1. The maximum absolute atomic E-state index is 13.2. The largest absolute Gasteiger partial charge is 0.504 e. The van der Waals surface area contributed by atoms with Crippen molar-refractivity contribution in [1.82, 2.24) is 15.5 Å². The van der Waals surface area contributed by atoms with Crippen LogP contribution in [0, 0.1) is 5.92 Å². The summed E-state index contributed by atoms with van der Waals surface area (Å²) < 4.78 is 17.4. The lowest BCUT2D eigenvalue weighted by Crippen LogP contribution is -2.74. The number of hydrogen-bond acceptors (Lipinski definition) is 10. The number of amides is 2. The van der Waals surface area contributed by atoms with Gasteiger partial charge in [0.15, 0.2) is 23.7 Å². The molecule has 2 amide bonds. The molecule has 12 nitrogen and oxygen atoms in total. The molecule has 1 aromatic carbocycles. The van der Waals surface area contributed by atoms with E-state index in [0.717, 1.165) is 11.1 Å². The Kier molecular flexibility index (Phi) is 7.97. The van der Waals surface area contributed by atoms with Gasteiger partial charge in [0.25, 0.3) is 0 Å². The Morgan fingerprint density at radius 1 is 1.14 bits per heavy atom. The fourth-order valence-electron chi connectivity index (χ4n) is 7.28. The number of hydrogen-bond donors (Lipinski definition) is 4. The Labute approximate surface area is 250 Å². The average Bonchev–Trinajstić information content (AvgIpc) is 3.28. The van der Waals surface area contributed by atoms with E-state index in [9.17, 15) is 29.4 Å². The van der Waals surface area contributed by atoms with Crippen molar-refractivity contribution in [3.63, 3.8) is 0 Å². The molecule has 12 heteroatoms. The molecule has 7 atom stereocenters. The fraction of sp³-hybridized carbons (Fsp3) is 0.613. The van der Waals surface area contributed by atoms with E-state index >= 15 is 0 Å². The van der Waals surface area contributed by atoms with Gasteiger partial charge in [-0.15, -0.1) is 0 Å². The first-order valence-electron chi connectivity index (χ1n) is 14.8. The summed E-state index contributed by atoms with van der Waals surface area (Å²) in [6.45, 7) is 8.60. The van der Waals surface area contributed by atoms with E-state index < -0.39 is 53.2 Å². The second kappa shape index (κ2) is 11.1. The molecule has 2 aliphatic carbocycles. The number of piperidine rings is 1. The van der Waals surface area contributed by atoms with Crippen molar-refractivity contribution in [2.45, 2.75) is 102 Å². The lowest BCUT2D eigenvalue weighted by atomic mass is 9.50. The zero-order valence-corrected chi connectivity index (χ0v) is 25.4. The molecule has 2 aliphatic heterocycles. The Hall–Kier alpha value is -3.64. The van der Waals surface area contributed by atoms with E-state index in [1.165, 1.54) is 20.8 Å². The van der Waals surface area contributed by atoms with Crippen LogP contribution < -0.4 is 15.4 Å². The number of likely N-dealkylation sites (tertiary alicyclic amines) is 1. The summed E-state index contributed by atoms with van der Waals surface area (Å²) in [5.41, 5.74) is -0.375. The van der Waals surface area contributed by atoms with Gasteiger partial charge < -0.3 is 40.0 Å². The molecule has 1 saturated heterocycles. The summed E-state index contributed by atoms with van der Waals surface area (Å²) in [5, 5.41) is 28.0. The van der Waals surface area contributed by atoms with Crippen molar-refractivity contribution >= 4 is 23.8 Å². The predicted molar refractivity (Wildman–Crippen MR) is 153 cm³/mol. The quantitative estimate of drug-likeness (QED) is 0.303. The van der Waals surface area contributed by atoms with Gasteiger partial charge in [0.05, 0.1) is 11.0 Å². The maximum Gasteiger partial charge on any atom is 0.352 e. The smallest absolute Gasteiger partial charge is 0.352 e. The normalized spacial score (nSPS) is 28.9. The number of phenols is 1. The van der Waals surface area contributed by atoms with Crippen LogP contribution in [0.5, 0.6) is 11.5 Å². The number of likely N-dealkylation sites (N-methyl/N-ethyl adjacent to an activating group) is 1. The third kappa shape index (κ3) is 5.04. The first-order valence-corrected chi connectivity index (χ1v) is 14.8. The van der Waals surface area contributed by atoms with E-state index in [1.807, 2.05) is 27.0 Å². The molecule has 43 heavy (non-hydrogen) atoms. The maximum atomic E-state index is 13.2. The minimum atomic E-state index is -1.32. The number of nitrogens with one attached hydrogen (secondary N) is 2. The highest BCUT2D eigenvalue weighted by molar-refractivity contribution is 5.90. The number of ether oxygens (including phenoxy) is 3. The van der Waals surface area contributed by atoms with Crippen LogP contribution >= 0.6 is 0 Å². The first kappa shape index (κ1) is 30.8. The van der Waals surface area contributed by atoms with Crippen LogP contribution in [-0.2, 0) is 40.5 Å². The lowest BCUT2D eigenvalue weighted by molar-refractivity contribution is -0.176. The average molecular weight is 600 g/mol. The monoisotopic (exact) mass is 599 g/mol. The second-order valence-corrected chi connectivity index (χ2v) is 12.7. The highest BCUT2D eigenvalue weighted by Crippen LogP contribution is 2.65. The summed E-state index contributed by atoms with van der Waals surface area (Å²) in [4.78, 5) is 52.4. The molecule has 234 valence electrons. The van der Waals surface area contributed by atoms with Gasteiger partial charge in [-0.3, -0.25) is 9.59 Å². The molecule has 0 radical (unpaired) electrons. The van der Waals surface area contributed by atoms with Crippen LogP contribution in [-0.4, -0.2) is 88.4 Å². The summed E-state index contributed by atoms with van der Waals surface area (Å²) in [5.74, 6) is -2.03. The second-order valence-electron chi connectivity index (χ2n) is 12.7. The summed E-state index contributed by atoms with van der Waals surface area (Å²) in [6.07, 6.45) is 1.18. The van der Waals surface area contributed by atoms with Gasteiger partial charge in [-0.05, 0) is 70.3 Å². The van der Waals surface area contributed by atoms with Gasteiger partial charge in [-0.1, -0.05) is 19.9 Å². The van der Waals surface area contributed by atoms with Crippen LogP contribution in [0.4, 0.5) is 0 Å². The molecule has 1 spiro atoms. The highest BCUT2D eigenvalue weighted by Gasteiger charge is 2.72. The molecule has 0 unspecified atom stereocenters. The number of benzene rings is 1. The van der Waals surface area contributed by atoms with Crippen LogP contribution in [0.2, 0.25) is 0 Å². The van der Waals surface area contributed by atoms with E-state index in [4.69, 9.17) is 14.2 Å². The third-order valence-electron chi connectivity index (χ3n) is 9.31. The van der Waals surface area contributed by atoms with E-state index in [2.05, 4.69) is 15.5 Å². The van der Waals surface area contributed by atoms with Crippen molar-refractivity contribution in [1.29, 1.82) is 0 Å². The lowest BCUT2D eigenvalue weighted by Gasteiger charge is -2.61. The van der Waals surface area contributed by atoms with Gasteiger partial charge in [0, 0.05) is 24.9 Å². The number of carbonyl (C=O) groups is 4. The number of carbonyl (C=O) groups excluding carboxylic acids is 4. The molecular weight excluding hydrogens is 558 g/mol. The van der Waals surface area contributed by atoms with E-state index in [0.29, 0.717) is 31.6 Å². The van der Waals surface area contributed by atoms with Crippen LogP contribution in [0.25, 0.3) is 0 Å². The van der Waals surface area contributed by atoms with Gasteiger partial charge in [-0.2, -0.15) is 0 Å². The van der Waals surface area contributed by atoms with Crippen molar-refractivity contribution in [3.05, 3.63) is 35.1 Å². The standard InChI is InChI=1S/C31H41N3O9/c1-15(2)13-20(33-18(5)35)27(37)32-16(3)28(38)41-17(4)29(39)42-22-9-10-31(40)23-14-19-7-8-21(36)25-24(19)30(31,26(22)43-25)11-12-34(23)6/h7-9,15-17,20,23,26,36,40H,10-14H2,1-6H3,(H,32,37)(H,33,35)/t16-,17-,20-,23+,26-,30-,31+/m0/s1. The molecular formula is C31H41N3O9. The molecule has 5 rings (SSSR count). The molecule has 0 saturated carbocycles. The Balaban J connectivity index is 1.28. The summed E-state index contributed by atoms with van der Waals surface area (Å²) >= 11 is 0. The number of nitrogens with zero attached hydrogens (tertiary/aromatic N) is 1. The number of rotatable bonds is 9.